The molecule has 1 saturated heterocycles. The molecule has 24 heavy (non-hydrogen) atoms. The number of carbonyl (C=O) groups excluding carboxylic acids is 2. The zero-order valence-electron chi connectivity index (χ0n) is 12.0. The van der Waals surface area contributed by atoms with Crippen molar-refractivity contribution in [3.05, 3.63) is 48.2 Å². The molecule has 1 aliphatic heterocycles. The number of thioether (sulfide) groups is 1. The summed E-state index contributed by atoms with van der Waals surface area (Å²) in [5.74, 6) is -1.28. The van der Waals surface area contributed by atoms with Gasteiger partial charge in [0.2, 0.25) is 0 Å². The predicted molar refractivity (Wildman–Crippen MR) is 80.7 cm³/mol. The van der Waals surface area contributed by atoms with Crippen molar-refractivity contribution in [2.45, 2.75) is 16.6 Å². The van der Waals surface area contributed by atoms with Crippen molar-refractivity contribution < 1.29 is 27.2 Å². The number of furan rings is 1. The number of β-lactam (4-membered cyclic amide) rings is 1. The third-order valence-corrected chi connectivity index (χ3v) is 3.98. The van der Waals surface area contributed by atoms with Gasteiger partial charge in [-0.2, -0.15) is 13.2 Å². The van der Waals surface area contributed by atoms with E-state index in [0.717, 1.165) is 17.8 Å². The fourth-order valence-corrected chi connectivity index (χ4v) is 2.71. The highest BCUT2D eigenvalue weighted by Gasteiger charge is 2.39. The Balaban J connectivity index is 1.58. The van der Waals surface area contributed by atoms with Crippen molar-refractivity contribution in [3.63, 3.8) is 0 Å². The summed E-state index contributed by atoms with van der Waals surface area (Å²) >= 11 is -0.446. The predicted octanol–water partition coefficient (Wildman–Crippen LogP) is 3.04. The topological polar surface area (TPSA) is 62.6 Å². The minimum atomic E-state index is -4.49. The van der Waals surface area contributed by atoms with Gasteiger partial charge in [-0.05, 0) is 24.3 Å². The van der Waals surface area contributed by atoms with Gasteiger partial charge < -0.3 is 14.6 Å². The number of anilines is 1. The lowest BCUT2D eigenvalue weighted by Gasteiger charge is -2.38. The van der Waals surface area contributed by atoms with Crippen molar-refractivity contribution in [2.75, 3.05) is 11.4 Å². The van der Waals surface area contributed by atoms with Crippen LogP contribution in [0.1, 0.15) is 10.6 Å². The molecule has 1 N–H and O–H groups in total. The zero-order chi connectivity index (χ0) is 17.3. The van der Waals surface area contributed by atoms with Gasteiger partial charge >= 0.3 is 5.51 Å². The second kappa shape index (κ2) is 6.23. The van der Waals surface area contributed by atoms with E-state index in [0.29, 0.717) is 6.54 Å². The van der Waals surface area contributed by atoms with Crippen LogP contribution in [0.4, 0.5) is 18.9 Å². The van der Waals surface area contributed by atoms with E-state index in [1.165, 1.54) is 4.90 Å². The number of rotatable bonds is 4. The van der Waals surface area contributed by atoms with Crippen LogP contribution in [0, 0.1) is 0 Å². The Labute approximate surface area is 138 Å². The summed E-state index contributed by atoms with van der Waals surface area (Å²) in [6.45, 7) is 0.291. The van der Waals surface area contributed by atoms with Gasteiger partial charge in [-0.25, -0.2) is 0 Å². The van der Waals surface area contributed by atoms with Gasteiger partial charge in [0.15, 0.2) is 10.9 Å². The number of hydrogen-bond donors (Lipinski definition) is 1. The van der Waals surface area contributed by atoms with E-state index in [9.17, 15) is 22.8 Å². The monoisotopic (exact) mass is 356 g/mol. The Kier molecular flexibility index (Phi) is 4.27. The molecule has 1 aromatic carbocycles. The van der Waals surface area contributed by atoms with E-state index in [1.54, 1.807) is 24.3 Å². The van der Waals surface area contributed by atoms with Gasteiger partial charge in [0.1, 0.15) is 6.04 Å². The summed E-state index contributed by atoms with van der Waals surface area (Å²) in [6.07, 6.45) is 0. The van der Waals surface area contributed by atoms with E-state index < -0.39 is 34.3 Å². The maximum absolute atomic E-state index is 12.2. The molecule has 0 spiro atoms. The van der Waals surface area contributed by atoms with E-state index in [1.807, 2.05) is 6.07 Å². The first-order valence-electron chi connectivity index (χ1n) is 6.86. The largest absolute Gasteiger partial charge is 0.449 e. The molecular formula is C15H11F3N2O3S. The van der Waals surface area contributed by atoms with Crippen LogP contribution in [0.25, 0.3) is 0 Å². The van der Waals surface area contributed by atoms with Crippen LogP contribution in [0.3, 0.4) is 0 Å². The van der Waals surface area contributed by atoms with Crippen molar-refractivity contribution in [3.8, 4) is 0 Å². The molecule has 1 atom stereocenters. The molecule has 0 bridgehead atoms. The van der Waals surface area contributed by atoms with Crippen LogP contribution in [-0.2, 0) is 4.79 Å². The number of para-hydroxylation sites is 1. The maximum atomic E-state index is 12.2. The summed E-state index contributed by atoms with van der Waals surface area (Å²) < 4.78 is 41.5. The van der Waals surface area contributed by atoms with Gasteiger partial charge in [-0.3, -0.25) is 9.59 Å². The van der Waals surface area contributed by atoms with Crippen molar-refractivity contribution in [1.82, 2.24) is 5.32 Å². The Bertz CT molecular complexity index is 761. The molecule has 126 valence electrons. The Morgan fingerprint density at radius 3 is 2.54 bits per heavy atom. The standard InChI is InChI=1S/C15H11F3N2O3S/c16-15(17,18)24-12-7-6-11(23-12)13(21)19-10-8-20(14(10)22)9-4-2-1-3-5-9/h1-7,10H,8H2,(H,19,21). The van der Waals surface area contributed by atoms with Crippen molar-refractivity contribution >= 4 is 29.3 Å². The van der Waals surface area contributed by atoms with Gasteiger partial charge in [-0.15, -0.1) is 0 Å². The number of nitrogens with one attached hydrogen (secondary N) is 1. The van der Waals surface area contributed by atoms with E-state index in [4.69, 9.17) is 4.42 Å². The van der Waals surface area contributed by atoms with Gasteiger partial charge in [0, 0.05) is 17.4 Å². The van der Waals surface area contributed by atoms with Crippen LogP contribution >= 0.6 is 11.8 Å². The number of halogens is 3. The molecular weight excluding hydrogens is 345 g/mol. The van der Waals surface area contributed by atoms with Gasteiger partial charge in [0.25, 0.3) is 11.8 Å². The molecule has 0 radical (unpaired) electrons. The number of amides is 2. The lowest BCUT2D eigenvalue weighted by Crippen LogP contribution is -2.64. The van der Waals surface area contributed by atoms with E-state index in [-0.39, 0.29) is 11.7 Å². The number of hydrogen-bond acceptors (Lipinski definition) is 4. The number of nitrogens with zero attached hydrogens (tertiary/aromatic N) is 1. The molecule has 0 saturated carbocycles. The average molecular weight is 356 g/mol. The van der Waals surface area contributed by atoms with Gasteiger partial charge in [-0.1, -0.05) is 18.2 Å². The first-order valence-corrected chi connectivity index (χ1v) is 7.68. The highest BCUT2D eigenvalue weighted by atomic mass is 32.2. The quantitative estimate of drug-likeness (QED) is 0.676. The first kappa shape index (κ1) is 16.4. The second-order valence-electron chi connectivity index (χ2n) is 4.98. The first-order chi connectivity index (χ1) is 11.3. The lowest BCUT2D eigenvalue weighted by atomic mass is 10.1. The third-order valence-electron chi connectivity index (χ3n) is 3.32. The zero-order valence-corrected chi connectivity index (χ0v) is 12.9. The molecule has 2 aromatic rings. The minimum Gasteiger partial charge on any atom is -0.444 e. The van der Waals surface area contributed by atoms with E-state index >= 15 is 0 Å². The normalized spacial score (nSPS) is 17.5. The lowest BCUT2D eigenvalue weighted by molar-refractivity contribution is -0.124. The molecule has 2 heterocycles. The minimum absolute atomic E-state index is 0.271. The van der Waals surface area contributed by atoms with Crippen LogP contribution in [-0.4, -0.2) is 29.9 Å². The Hall–Kier alpha value is -2.42. The summed E-state index contributed by atoms with van der Waals surface area (Å²) in [7, 11) is 0. The number of carbonyl (C=O) groups is 2. The maximum Gasteiger partial charge on any atom is 0.449 e. The summed E-state index contributed by atoms with van der Waals surface area (Å²) in [4.78, 5) is 25.5. The summed E-state index contributed by atoms with van der Waals surface area (Å²) in [5, 5.41) is 2.01. The third kappa shape index (κ3) is 3.56. The van der Waals surface area contributed by atoms with Crippen LogP contribution < -0.4 is 10.2 Å². The Morgan fingerprint density at radius 1 is 1.21 bits per heavy atom. The second-order valence-corrected chi connectivity index (χ2v) is 6.05. The molecule has 9 heteroatoms. The summed E-state index contributed by atoms with van der Waals surface area (Å²) in [5.41, 5.74) is -3.78. The molecule has 0 aliphatic carbocycles. The van der Waals surface area contributed by atoms with Crippen LogP contribution in [0.2, 0.25) is 0 Å². The number of benzene rings is 1. The molecule has 5 nitrogen and oxygen atoms in total. The highest BCUT2D eigenvalue weighted by molar-refractivity contribution is 8.00. The number of alkyl halides is 3. The fraction of sp³-hybridized carbons (Fsp3) is 0.200. The average Bonchev–Trinajstić information content (AvgIpc) is 2.97. The highest BCUT2D eigenvalue weighted by Crippen LogP contribution is 2.37. The molecule has 3 rings (SSSR count). The SMILES string of the molecule is O=C(NC1CN(c2ccccc2)C1=O)c1ccc(SC(F)(F)F)o1. The molecule has 1 fully saturated rings. The van der Waals surface area contributed by atoms with Crippen molar-refractivity contribution in [2.24, 2.45) is 0 Å². The van der Waals surface area contributed by atoms with Crippen molar-refractivity contribution in [1.29, 1.82) is 0 Å². The molecule has 1 aliphatic rings. The fourth-order valence-electron chi connectivity index (χ4n) is 2.21. The molecule has 2 amide bonds. The Morgan fingerprint density at radius 2 is 1.92 bits per heavy atom. The van der Waals surface area contributed by atoms with Gasteiger partial charge in [0.05, 0.1) is 6.54 Å². The van der Waals surface area contributed by atoms with Crippen LogP contribution in [0.5, 0.6) is 0 Å². The van der Waals surface area contributed by atoms with E-state index in [2.05, 4.69) is 5.32 Å². The molecule has 1 aromatic heterocycles. The van der Waals surface area contributed by atoms with Crippen LogP contribution in [0.15, 0.2) is 52.0 Å². The summed E-state index contributed by atoms with van der Waals surface area (Å²) in [6, 6.07) is 10.4. The molecule has 1 unspecified atom stereocenters. The smallest absolute Gasteiger partial charge is 0.444 e.